The highest BCUT2D eigenvalue weighted by atomic mass is 32.2. The molecule has 1 N–H and O–H groups in total. The van der Waals surface area contributed by atoms with E-state index in [-0.39, 0.29) is 17.9 Å². The summed E-state index contributed by atoms with van der Waals surface area (Å²) in [5.41, 5.74) is 1.42. The van der Waals surface area contributed by atoms with Gasteiger partial charge >= 0.3 is 0 Å². The van der Waals surface area contributed by atoms with Crippen molar-refractivity contribution in [1.82, 2.24) is 14.5 Å². The van der Waals surface area contributed by atoms with E-state index >= 15 is 0 Å². The molecule has 8 heteroatoms. The van der Waals surface area contributed by atoms with E-state index in [0.29, 0.717) is 31.7 Å². The van der Waals surface area contributed by atoms with Crippen LogP contribution >= 0.6 is 0 Å². The molecule has 0 saturated carbocycles. The summed E-state index contributed by atoms with van der Waals surface area (Å²) in [5.74, 6) is -0.375. The standard InChI is InChI=1S/C17H23N3O4S/c1-4-16(21)18-11-14-5-7-15(8-6-14)17(22)19-9-10-20(13(2)12-19)25(3,23)24/h4-8,13H,1,9-12H2,2-3H3,(H,18,21). The SMILES string of the molecule is C=CC(=O)NCc1ccc(C(=O)N2CCN(S(C)(=O)=O)C(C)C2)cc1. The zero-order valence-corrected chi connectivity index (χ0v) is 15.3. The third kappa shape index (κ3) is 4.90. The maximum Gasteiger partial charge on any atom is 0.253 e. The minimum Gasteiger partial charge on any atom is -0.348 e. The molecule has 2 amide bonds. The molecule has 1 unspecified atom stereocenters. The van der Waals surface area contributed by atoms with Crippen LogP contribution in [0.1, 0.15) is 22.8 Å². The maximum absolute atomic E-state index is 12.6. The number of nitrogens with one attached hydrogen (secondary N) is 1. The second-order valence-corrected chi connectivity index (χ2v) is 8.03. The molecule has 1 heterocycles. The van der Waals surface area contributed by atoms with E-state index < -0.39 is 10.0 Å². The van der Waals surface area contributed by atoms with Crippen LogP contribution in [0.25, 0.3) is 0 Å². The minimum atomic E-state index is -3.26. The van der Waals surface area contributed by atoms with Gasteiger partial charge in [-0.1, -0.05) is 18.7 Å². The van der Waals surface area contributed by atoms with Gasteiger partial charge in [0.2, 0.25) is 15.9 Å². The summed E-state index contributed by atoms with van der Waals surface area (Å²) in [6.07, 6.45) is 2.39. The Morgan fingerprint density at radius 1 is 1.28 bits per heavy atom. The van der Waals surface area contributed by atoms with E-state index in [2.05, 4.69) is 11.9 Å². The van der Waals surface area contributed by atoms with Gasteiger partial charge in [0.05, 0.1) is 6.26 Å². The molecule has 1 aromatic carbocycles. The number of hydrogen-bond acceptors (Lipinski definition) is 4. The van der Waals surface area contributed by atoms with Gasteiger partial charge in [0.15, 0.2) is 0 Å². The van der Waals surface area contributed by atoms with Crippen molar-refractivity contribution in [2.75, 3.05) is 25.9 Å². The van der Waals surface area contributed by atoms with Crippen LogP contribution in [0.4, 0.5) is 0 Å². The molecular weight excluding hydrogens is 342 g/mol. The highest BCUT2D eigenvalue weighted by Crippen LogP contribution is 2.16. The van der Waals surface area contributed by atoms with Crippen LogP contribution in [0.5, 0.6) is 0 Å². The minimum absolute atomic E-state index is 0.123. The summed E-state index contributed by atoms with van der Waals surface area (Å²) in [6.45, 7) is 6.58. The summed E-state index contributed by atoms with van der Waals surface area (Å²) in [7, 11) is -3.26. The van der Waals surface area contributed by atoms with Crippen LogP contribution < -0.4 is 5.32 Å². The van der Waals surface area contributed by atoms with Crippen molar-refractivity contribution in [1.29, 1.82) is 0 Å². The Bertz CT molecular complexity index is 759. The fourth-order valence-electron chi connectivity index (χ4n) is 2.83. The van der Waals surface area contributed by atoms with E-state index in [1.54, 1.807) is 36.1 Å². The van der Waals surface area contributed by atoms with Crippen LogP contribution in [0.15, 0.2) is 36.9 Å². The zero-order valence-electron chi connectivity index (χ0n) is 14.4. The van der Waals surface area contributed by atoms with Gasteiger partial charge in [-0.2, -0.15) is 4.31 Å². The van der Waals surface area contributed by atoms with Crippen molar-refractivity contribution >= 4 is 21.8 Å². The summed E-state index contributed by atoms with van der Waals surface area (Å²) in [5, 5.41) is 2.67. The Labute approximate surface area is 148 Å². The van der Waals surface area contributed by atoms with Gasteiger partial charge in [-0.3, -0.25) is 9.59 Å². The summed E-state index contributed by atoms with van der Waals surface area (Å²) in [6, 6.07) is 6.75. The van der Waals surface area contributed by atoms with E-state index in [4.69, 9.17) is 0 Å². The number of hydrogen-bond donors (Lipinski definition) is 1. The van der Waals surface area contributed by atoms with Gasteiger partial charge in [0.1, 0.15) is 0 Å². The van der Waals surface area contributed by atoms with Crippen molar-refractivity contribution in [3.05, 3.63) is 48.0 Å². The van der Waals surface area contributed by atoms with Crippen molar-refractivity contribution in [2.45, 2.75) is 19.5 Å². The molecule has 0 spiro atoms. The third-order valence-electron chi connectivity index (χ3n) is 4.13. The highest BCUT2D eigenvalue weighted by Gasteiger charge is 2.32. The molecule has 1 aromatic rings. The van der Waals surface area contributed by atoms with Gasteiger partial charge in [0, 0.05) is 37.8 Å². The Kier molecular flexibility index (Phi) is 5.97. The number of carbonyl (C=O) groups is 2. The number of amides is 2. The average Bonchev–Trinajstić information content (AvgIpc) is 2.58. The smallest absolute Gasteiger partial charge is 0.253 e. The number of rotatable bonds is 5. The van der Waals surface area contributed by atoms with Crippen molar-refractivity contribution in [3.63, 3.8) is 0 Å². The first-order chi connectivity index (χ1) is 11.7. The Balaban J connectivity index is 1.99. The molecule has 1 fully saturated rings. The fourth-order valence-corrected chi connectivity index (χ4v) is 3.96. The zero-order chi connectivity index (χ0) is 18.6. The quantitative estimate of drug-likeness (QED) is 0.774. The number of nitrogens with zero attached hydrogens (tertiary/aromatic N) is 2. The molecule has 1 aliphatic heterocycles. The van der Waals surface area contributed by atoms with E-state index in [1.807, 2.05) is 0 Å². The van der Waals surface area contributed by atoms with Crippen LogP contribution in [-0.2, 0) is 21.4 Å². The monoisotopic (exact) mass is 365 g/mol. The molecule has 0 aliphatic carbocycles. The second kappa shape index (κ2) is 7.79. The first kappa shape index (κ1) is 19.1. The predicted octanol–water partition coefficient (Wildman–Crippen LogP) is 0.595. The van der Waals surface area contributed by atoms with E-state index in [0.717, 1.165) is 5.56 Å². The Morgan fingerprint density at radius 3 is 2.44 bits per heavy atom. The molecular formula is C17H23N3O4S. The maximum atomic E-state index is 12.6. The molecule has 0 radical (unpaired) electrons. The second-order valence-electron chi connectivity index (χ2n) is 6.09. The summed E-state index contributed by atoms with van der Waals surface area (Å²) in [4.78, 5) is 25.4. The van der Waals surface area contributed by atoms with Crippen LogP contribution in [0.2, 0.25) is 0 Å². The van der Waals surface area contributed by atoms with E-state index in [1.165, 1.54) is 16.6 Å². The highest BCUT2D eigenvalue weighted by molar-refractivity contribution is 7.88. The lowest BCUT2D eigenvalue weighted by Crippen LogP contribution is -2.55. The lowest BCUT2D eigenvalue weighted by atomic mass is 10.1. The topological polar surface area (TPSA) is 86.8 Å². The lowest BCUT2D eigenvalue weighted by Gasteiger charge is -2.38. The normalized spacial score (nSPS) is 18.6. The summed E-state index contributed by atoms with van der Waals surface area (Å²) < 4.78 is 24.8. The van der Waals surface area contributed by atoms with Gasteiger partial charge in [-0.05, 0) is 30.7 Å². The number of benzene rings is 1. The van der Waals surface area contributed by atoms with Gasteiger partial charge < -0.3 is 10.2 Å². The van der Waals surface area contributed by atoms with Crippen molar-refractivity contribution < 1.29 is 18.0 Å². The Morgan fingerprint density at radius 2 is 1.92 bits per heavy atom. The van der Waals surface area contributed by atoms with Gasteiger partial charge in [0.25, 0.3) is 5.91 Å². The average molecular weight is 365 g/mol. The fraction of sp³-hybridized carbons (Fsp3) is 0.412. The van der Waals surface area contributed by atoms with Crippen LogP contribution in [-0.4, -0.2) is 61.4 Å². The van der Waals surface area contributed by atoms with Crippen LogP contribution in [0, 0.1) is 0 Å². The molecule has 1 saturated heterocycles. The summed E-state index contributed by atoms with van der Waals surface area (Å²) >= 11 is 0. The molecule has 1 atom stereocenters. The molecule has 25 heavy (non-hydrogen) atoms. The molecule has 136 valence electrons. The molecule has 2 rings (SSSR count). The van der Waals surface area contributed by atoms with E-state index in [9.17, 15) is 18.0 Å². The predicted molar refractivity (Wildman–Crippen MR) is 95.4 cm³/mol. The first-order valence-corrected chi connectivity index (χ1v) is 9.82. The largest absolute Gasteiger partial charge is 0.348 e. The number of piperazine rings is 1. The molecule has 0 bridgehead atoms. The van der Waals surface area contributed by atoms with Gasteiger partial charge in [-0.25, -0.2) is 8.42 Å². The molecule has 0 aromatic heterocycles. The third-order valence-corrected chi connectivity index (χ3v) is 5.53. The first-order valence-electron chi connectivity index (χ1n) is 7.97. The number of sulfonamides is 1. The lowest BCUT2D eigenvalue weighted by molar-refractivity contribution is -0.116. The van der Waals surface area contributed by atoms with Gasteiger partial charge in [-0.15, -0.1) is 0 Å². The Hall–Kier alpha value is -2.19. The molecule has 1 aliphatic rings. The molecule has 7 nitrogen and oxygen atoms in total. The number of carbonyl (C=O) groups excluding carboxylic acids is 2. The van der Waals surface area contributed by atoms with Crippen LogP contribution in [0.3, 0.4) is 0 Å². The van der Waals surface area contributed by atoms with Crippen molar-refractivity contribution in [3.8, 4) is 0 Å². The van der Waals surface area contributed by atoms with Crippen molar-refractivity contribution in [2.24, 2.45) is 0 Å².